The SMILES string of the molecule is COc1ccc(NC(=O)c2cc(Nc3ccccc3)nc(C)n2)cc1. The Balaban J connectivity index is 1.77. The number of anilines is 3. The summed E-state index contributed by atoms with van der Waals surface area (Å²) < 4.78 is 5.11. The van der Waals surface area contributed by atoms with E-state index in [1.165, 1.54) is 0 Å². The summed E-state index contributed by atoms with van der Waals surface area (Å²) in [6.45, 7) is 1.75. The fraction of sp³-hybridized carbons (Fsp3) is 0.105. The number of nitrogens with zero attached hydrogens (tertiary/aromatic N) is 2. The highest BCUT2D eigenvalue weighted by atomic mass is 16.5. The molecule has 1 heterocycles. The largest absolute Gasteiger partial charge is 0.497 e. The van der Waals surface area contributed by atoms with Gasteiger partial charge < -0.3 is 15.4 Å². The Morgan fingerprint density at radius 3 is 2.36 bits per heavy atom. The molecule has 25 heavy (non-hydrogen) atoms. The van der Waals surface area contributed by atoms with Crippen LogP contribution in [0.2, 0.25) is 0 Å². The maximum atomic E-state index is 12.5. The summed E-state index contributed by atoms with van der Waals surface area (Å²) >= 11 is 0. The number of hydrogen-bond donors (Lipinski definition) is 2. The molecule has 6 heteroatoms. The highest BCUT2D eigenvalue weighted by molar-refractivity contribution is 6.03. The van der Waals surface area contributed by atoms with E-state index in [1.54, 1.807) is 44.4 Å². The Bertz CT molecular complexity index is 864. The van der Waals surface area contributed by atoms with Crippen LogP contribution in [0.1, 0.15) is 16.3 Å². The first-order valence-electron chi connectivity index (χ1n) is 7.77. The zero-order chi connectivity index (χ0) is 17.6. The normalized spacial score (nSPS) is 10.2. The molecule has 2 N–H and O–H groups in total. The molecular formula is C19H18N4O2. The lowest BCUT2D eigenvalue weighted by atomic mass is 10.2. The first-order valence-corrected chi connectivity index (χ1v) is 7.77. The molecule has 3 aromatic rings. The fourth-order valence-corrected chi connectivity index (χ4v) is 2.29. The number of benzene rings is 2. The number of ether oxygens (including phenoxy) is 1. The molecule has 0 aliphatic heterocycles. The number of methoxy groups -OCH3 is 1. The molecule has 0 aliphatic carbocycles. The maximum absolute atomic E-state index is 12.5. The second-order valence-electron chi connectivity index (χ2n) is 5.36. The van der Waals surface area contributed by atoms with Gasteiger partial charge in [-0.1, -0.05) is 18.2 Å². The summed E-state index contributed by atoms with van der Waals surface area (Å²) in [5.41, 5.74) is 1.85. The van der Waals surface area contributed by atoms with Crippen LogP contribution in [0.3, 0.4) is 0 Å². The number of amides is 1. The highest BCUT2D eigenvalue weighted by Crippen LogP contribution is 2.18. The van der Waals surface area contributed by atoms with Gasteiger partial charge in [-0.25, -0.2) is 9.97 Å². The fourth-order valence-electron chi connectivity index (χ4n) is 2.29. The molecule has 126 valence electrons. The van der Waals surface area contributed by atoms with Crippen LogP contribution < -0.4 is 15.4 Å². The van der Waals surface area contributed by atoms with Gasteiger partial charge in [0.15, 0.2) is 0 Å². The summed E-state index contributed by atoms with van der Waals surface area (Å²) in [5.74, 6) is 1.51. The van der Waals surface area contributed by atoms with Crippen molar-refractivity contribution >= 4 is 23.1 Å². The minimum Gasteiger partial charge on any atom is -0.497 e. The van der Waals surface area contributed by atoms with Gasteiger partial charge in [0, 0.05) is 17.4 Å². The summed E-state index contributed by atoms with van der Waals surface area (Å²) in [6.07, 6.45) is 0. The van der Waals surface area contributed by atoms with Crippen molar-refractivity contribution in [1.29, 1.82) is 0 Å². The zero-order valence-corrected chi connectivity index (χ0v) is 14.0. The van der Waals surface area contributed by atoms with Crippen LogP contribution in [0.5, 0.6) is 5.75 Å². The van der Waals surface area contributed by atoms with Gasteiger partial charge in [-0.3, -0.25) is 4.79 Å². The van der Waals surface area contributed by atoms with Crippen molar-refractivity contribution in [2.75, 3.05) is 17.7 Å². The lowest BCUT2D eigenvalue weighted by Crippen LogP contribution is -2.15. The van der Waals surface area contributed by atoms with E-state index in [4.69, 9.17) is 4.74 Å². The van der Waals surface area contributed by atoms with Crippen molar-refractivity contribution in [3.8, 4) is 5.75 Å². The van der Waals surface area contributed by atoms with Crippen LogP contribution in [0.4, 0.5) is 17.2 Å². The van der Waals surface area contributed by atoms with E-state index in [0.29, 0.717) is 23.0 Å². The molecule has 0 saturated heterocycles. The Labute approximate surface area is 145 Å². The molecule has 0 aliphatic rings. The molecule has 0 bridgehead atoms. The van der Waals surface area contributed by atoms with Gasteiger partial charge >= 0.3 is 0 Å². The highest BCUT2D eigenvalue weighted by Gasteiger charge is 2.11. The minimum absolute atomic E-state index is 0.293. The molecule has 1 aromatic heterocycles. The molecule has 0 unspecified atom stereocenters. The Hall–Kier alpha value is -3.41. The average Bonchev–Trinajstić information content (AvgIpc) is 2.62. The lowest BCUT2D eigenvalue weighted by Gasteiger charge is -2.09. The number of hydrogen-bond acceptors (Lipinski definition) is 5. The summed E-state index contributed by atoms with van der Waals surface area (Å²) in [7, 11) is 1.60. The smallest absolute Gasteiger partial charge is 0.274 e. The van der Waals surface area contributed by atoms with Gasteiger partial charge in [0.1, 0.15) is 23.1 Å². The van der Waals surface area contributed by atoms with Crippen LogP contribution in [0.25, 0.3) is 0 Å². The Morgan fingerprint density at radius 2 is 1.68 bits per heavy atom. The molecule has 2 aromatic carbocycles. The van der Waals surface area contributed by atoms with Gasteiger partial charge in [-0.2, -0.15) is 0 Å². The quantitative estimate of drug-likeness (QED) is 0.742. The van der Waals surface area contributed by atoms with Crippen molar-refractivity contribution < 1.29 is 9.53 Å². The topological polar surface area (TPSA) is 76.1 Å². The van der Waals surface area contributed by atoms with E-state index >= 15 is 0 Å². The van der Waals surface area contributed by atoms with E-state index in [-0.39, 0.29) is 5.91 Å². The molecular weight excluding hydrogens is 316 g/mol. The predicted molar refractivity (Wildman–Crippen MR) is 97.4 cm³/mol. The third-order valence-corrected chi connectivity index (χ3v) is 3.46. The summed E-state index contributed by atoms with van der Waals surface area (Å²) in [5, 5.41) is 5.99. The monoisotopic (exact) mass is 334 g/mol. The van der Waals surface area contributed by atoms with Crippen LogP contribution in [0.15, 0.2) is 60.7 Å². The van der Waals surface area contributed by atoms with Gasteiger partial charge in [0.05, 0.1) is 7.11 Å². The lowest BCUT2D eigenvalue weighted by molar-refractivity contribution is 0.102. The number of para-hydroxylation sites is 1. The molecule has 6 nitrogen and oxygen atoms in total. The Kier molecular flexibility index (Phi) is 4.89. The summed E-state index contributed by atoms with van der Waals surface area (Å²) in [4.78, 5) is 21.0. The minimum atomic E-state index is -0.299. The second-order valence-corrected chi connectivity index (χ2v) is 5.36. The van der Waals surface area contributed by atoms with Gasteiger partial charge in [0.2, 0.25) is 0 Å². The number of rotatable bonds is 5. The average molecular weight is 334 g/mol. The molecule has 1 amide bonds. The molecule has 3 rings (SSSR count). The number of aryl methyl sites for hydroxylation is 1. The van der Waals surface area contributed by atoms with Crippen molar-refractivity contribution in [2.45, 2.75) is 6.92 Å². The number of aromatic nitrogens is 2. The molecule has 0 saturated carbocycles. The molecule has 0 fully saturated rings. The third-order valence-electron chi connectivity index (χ3n) is 3.46. The van der Waals surface area contributed by atoms with Crippen LogP contribution >= 0.6 is 0 Å². The van der Waals surface area contributed by atoms with Gasteiger partial charge in [-0.05, 0) is 43.3 Å². The Morgan fingerprint density at radius 1 is 0.960 bits per heavy atom. The van der Waals surface area contributed by atoms with Crippen molar-refractivity contribution in [1.82, 2.24) is 9.97 Å². The summed E-state index contributed by atoms with van der Waals surface area (Å²) in [6, 6.07) is 18.4. The van der Waals surface area contributed by atoms with Crippen molar-refractivity contribution in [3.05, 3.63) is 72.2 Å². The van der Waals surface area contributed by atoms with Crippen LogP contribution in [0, 0.1) is 6.92 Å². The van der Waals surface area contributed by atoms with E-state index in [9.17, 15) is 4.79 Å². The molecule has 0 radical (unpaired) electrons. The van der Waals surface area contributed by atoms with E-state index in [2.05, 4.69) is 20.6 Å². The third kappa shape index (κ3) is 4.32. The van der Waals surface area contributed by atoms with Crippen LogP contribution in [-0.2, 0) is 0 Å². The standard InChI is InChI=1S/C19H18N4O2/c1-13-20-17(12-18(21-13)22-14-6-4-3-5-7-14)19(24)23-15-8-10-16(25-2)11-9-15/h3-12H,1-2H3,(H,23,24)(H,20,21,22). The van der Waals surface area contributed by atoms with Crippen molar-refractivity contribution in [3.63, 3.8) is 0 Å². The first kappa shape index (κ1) is 16.4. The van der Waals surface area contributed by atoms with E-state index in [0.717, 1.165) is 11.4 Å². The van der Waals surface area contributed by atoms with Crippen LogP contribution in [-0.4, -0.2) is 23.0 Å². The van der Waals surface area contributed by atoms with Gasteiger partial charge in [0.25, 0.3) is 5.91 Å². The van der Waals surface area contributed by atoms with E-state index < -0.39 is 0 Å². The molecule has 0 atom stereocenters. The number of nitrogens with one attached hydrogen (secondary N) is 2. The first-order chi connectivity index (χ1) is 12.1. The maximum Gasteiger partial charge on any atom is 0.274 e. The number of carbonyl (C=O) groups excluding carboxylic acids is 1. The number of carbonyl (C=O) groups is 1. The molecule has 0 spiro atoms. The second kappa shape index (κ2) is 7.44. The predicted octanol–water partition coefficient (Wildman–Crippen LogP) is 3.79. The van der Waals surface area contributed by atoms with Crippen molar-refractivity contribution in [2.24, 2.45) is 0 Å². The zero-order valence-electron chi connectivity index (χ0n) is 14.0. The van der Waals surface area contributed by atoms with Gasteiger partial charge in [-0.15, -0.1) is 0 Å². The van der Waals surface area contributed by atoms with E-state index in [1.807, 2.05) is 30.3 Å².